The zero-order chi connectivity index (χ0) is 51.3. The second-order valence-electron chi connectivity index (χ2n) is 19.8. The molecule has 70 heavy (non-hydrogen) atoms. The first kappa shape index (κ1) is 68.0. The van der Waals surface area contributed by atoms with Crippen LogP contribution in [0.3, 0.4) is 0 Å². The van der Waals surface area contributed by atoms with Crippen LogP contribution in [0.15, 0.2) is 24.3 Å². The van der Waals surface area contributed by atoms with Crippen molar-refractivity contribution in [2.45, 2.75) is 303 Å². The minimum absolute atomic E-state index is 0.162. The Morgan fingerprint density at radius 1 is 0.386 bits per heavy atom. The number of carbonyl (C=O) groups excluding carboxylic acids is 3. The molecule has 0 bridgehead atoms. The Balaban J connectivity index is 4.65. The molecule has 12 heteroatoms. The first-order valence-electron chi connectivity index (χ1n) is 29.2. The normalized spacial score (nSPS) is 13.5. The van der Waals surface area contributed by atoms with Gasteiger partial charge in [0.15, 0.2) is 6.10 Å². The number of aliphatic hydroxyl groups excluding tert-OH is 1. The first-order valence-corrected chi connectivity index (χ1v) is 30.7. The number of allylic oxidation sites excluding steroid dienone is 4. The standard InChI is InChI=1S/C58H109O11P/c1-4-7-10-13-16-19-22-24-25-26-27-28-29-31-33-35-38-41-44-47-56(60)65-51-55(69-58(62)49-46-43-40-37-34-30-23-20-17-14-11-8-5-2)53-67-70(63,64)66-52-54(50-59)68-57(61)48-45-42-39-36-32-21-18-15-12-9-6-3/h15,18,20,23,54-55,59H,4-14,16-17,19,21-22,24-53H2,1-3H3,(H,63,64)/b18-15-,23-20-. The molecule has 3 unspecified atom stereocenters. The number of phosphoric acid groups is 1. The summed E-state index contributed by atoms with van der Waals surface area (Å²) >= 11 is 0. The van der Waals surface area contributed by atoms with Gasteiger partial charge in [-0.15, -0.1) is 0 Å². The molecule has 0 aliphatic heterocycles. The molecule has 0 saturated carbocycles. The summed E-state index contributed by atoms with van der Waals surface area (Å²) < 4.78 is 39.5. The Hall–Kier alpha value is -2.04. The average molecular weight is 1010 g/mol. The number of ether oxygens (including phenoxy) is 3. The third-order valence-corrected chi connectivity index (χ3v) is 13.8. The van der Waals surface area contributed by atoms with Gasteiger partial charge in [-0.3, -0.25) is 23.4 Å². The Labute approximate surface area is 429 Å². The highest BCUT2D eigenvalue weighted by Gasteiger charge is 2.28. The van der Waals surface area contributed by atoms with Gasteiger partial charge in [0.05, 0.1) is 19.8 Å². The van der Waals surface area contributed by atoms with Crippen molar-refractivity contribution in [1.82, 2.24) is 0 Å². The molecule has 0 fully saturated rings. The van der Waals surface area contributed by atoms with E-state index >= 15 is 0 Å². The van der Waals surface area contributed by atoms with Gasteiger partial charge in [0, 0.05) is 19.3 Å². The summed E-state index contributed by atoms with van der Waals surface area (Å²) in [7, 11) is -4.74. The van der Waals surface area contributed by atoms with Crippen LogP contribution in [-0.4, -0.2) is 66.5 Å². The van der Waals surface area contributed by atoms with Crippen LogP contribution in [0.4, 0.5) is 0 Å². The summed E-state index contributed by atoms with van der Waals surface area (Å²) in [6.07, 6.45) is 52.9. The van der Waals surface area contributed by atoms with Crippen LogP contribution < -0.4 is 0 Å². The monoisotopic (exact) mass is 1010 g/mol. The quantitative estimate of drug-likeness (QED) is 0.0197. The maximum atomic E-state index is 12.9. The van der Waals surface area contributed by atoms with Crippen LogP contribution in [-0.2, 0) is 42.2 Å². The lowest BCUT2D eigenvalue weighted by atomic mass is 10.0. The molecule has 0 amide bonds. The highest BCUT2D eigenvalue weighted by Crippen LogP contribution is 2.43. The number of hydrogen-bond acceptors (Lipinski definition) is 10. The molecule has 0 aliphatic carbocycles. The van der Waals surface area contributed by atoms with Crippen molar-refractivity contribution >= 4 is 25.7 Å². The van der Waals surface area contributed by atoms with Crippen molar-refractivity contribution in [3.63, 3.8) is 0 Å². The van der Waals surface area contributed by atoms with Crippen LogP contribution in [0.1, 0.15) is 290 Å². The molecular weight excluding hydrogens is 904 g/mol. The number of carbonyl (C=O) groups is 3. The van der Waals surface area contributed by atoms with Gasteiger partial charge in [0.25, 0.3) is 0 Å². The van der Waals surface area contributed by atoms with Crippen molar-refractivity contribution in [3.05, 3.63) is 24.3 Å². The van der Waals surface area contributed by atoms with E-state index in [0.29, 0.717) is 19.3 Å². The zero-order valence-corrected chi connectivity index (χ0v) is 46.4. The highest BCUT2D eigenvalue weighted by molar-refractivity contribution is 7.47. The summed E-state index contributed by atoms with van der Waals surface area (Å²) in [6, 6.07) is 0. The first-order chi connectivity index (χ1) is 34.2. The molecule has 0 aromatic heterocycles. The van der Waals surface area contributed by atoms with Crippen molar-refractivity contribution in [3.8, 4) is 0 Å². The largest absolute Gasteiger partial charge is 0.472 e. The maximum absolute atomic E-state index is 12.9. The van der Waals surface area contributed by atoms with E-state index in [9.17, 15) is 28.9 Å². The van der Waals surface area contributed by atoms with Gasteiger partial charge in [-0.1, -0.05) is 231 Å². The molecule has 0 spiro atoms. The van der Waals surface area contributed by atoms with E-state index in [-0.39, 0.29) is 25.9 Å². The smallest absolute Gasteiger partial charge is 0.462 e. The Morgan fingerprint density at radius 2 is 0.671 bits per heavy atom. The van der Waals surface area contributed by atoms with E-state index in [4.69, 9.17) is 23.3 Å². The molecule has 0 rings (SSSR count). The summed E-state index contributed by atoms with van der Waals surface area (Å²) in [5, 5.41) is 9.78. The second kappa shape index (κ2) is 53.3. The number of esters is 3. The SMILES string of the molecule is CCCC/C=C\CCCCCCCC(=O)OC(CO)COP(=O)(O)OCC(COC(=O)CCCCCCCCCCCCCCCCCCCCC)OC(=O)CCCCCCC/C=C\CCCCCC. The molecule has 0 aromatic carbocycles. The molecule has 0 saturated heterocycles. The fourth-order valence-corrected chi connectivity index (χ4v) is 9.12. The van der Waals surface area contributed by atoms with Gasteiger partial charge >= 0.3 is 25.7 Å². The molecule has 2 N–H and O–H groups in total. The molecule has 0 aliphatic rings. The van der Waals surface area contributed by atoms with E-state index < -0.39 is 57.8 Å². The summed E-state index contributed by atoms with van der Waals surface area (Å²) in [4.78, 5) is 48.4. The molecule has 3 atom stereocenters. The fraction of sp³-hybridized carbons (Fsp3) is 0.879. The molecule has 11 nitrogen and oxygen atoms in total. The number of phosphoric ester groups is 1. The average Bonchev–Trinajstić information content (AvgIpc) is 3.35. The molecule has 412 valence electrons. The lowest BCUT2D eigenvalue weighted by Crippen LogP contribution is -2.30. The van der Waals surface area contributed by atoms with E-state index in [1.54, 1.807) is 0 Å². The molecule has 0 aromatic rings. The van der Waals surface area contributed by atoms with Gasteiger partial charge < -0.3 is 24.2 Å². The number of unbranched alkanes of at least 4 members (excludes halogenated alkanes) is 34. The summed E-state index contributed by atoms with van der Waals surface area (Å²) in [5.41, 5.74) is 0. The number of hydrogen-bond donors (Lipinski definition) is 2. The van der Waals surface area contributed by atoms with E-state index in [0.717, 1.165) is 96.3 Å². The van der Waals surface area contributed by atoms with Crippen molar-refractivity contribution < 1.29 is 52.2 Å². The fourth-order valence-electron chi connectivity index (χ4n) is 8.33. The van der Waals surface area contributed by atoms with E-state index in [2.05, 4.69) is 45.1 Å². The van der Waals surface area contributed by atoms with Crippen LogP contribution in [0, 0.1) is 0 Å². The van der Waals surface area contributed by atoms with E-state index in [1.807, 2.05) is 0 Å². The van der Waals surface area contributed by atoms with Gasteiger partial charge in [-0.05, 0) is 64.2 Å². The topological polar surface area (TPSA) is 155 Å². The maximum Gasteiger partial charge on any atom is 0.472 e. The van der Waals surface area contributed by atoms with Crippen LogP contribution in [0.5, 0.6) is 0 Å². The van der Waals surface area contributed by atoms with Crippen molar-refractivity contribution in [2.24, 2.45) is 0 Å². The third-order valence-electron chi connectivity index (χ3n) is 12.8. The number of rotatable bonds is 55. The Bertz CT molecular complexity index is 1270. The van der Waals surface area contributed by atoms with Gasteiger partial charge in [-0.25, -0.2) is 4.57 Å². The zero-order valence-electron chi connectivity index (χ0n) is 45.5. The van der Waals surface area contributed by atoms with Crippen LogP contribution in [0.2, 0.25) is 0 Å². The minimum atomic E-state index is -4.74. The lowest BCUT2D eigenvalue weighted by Gasteiger charge is -2.21. The lowest BCUT2D eigenvalue weighted by molar-refractivity contribution is -0.161. The molecule has 0 heterocycles. The van der Waals surface area contributed by atoms with Gasteiger partial charge in [-0.2, -0.15) is 0 Å². The minimum Gasteiger partial charge on any atom is -0.462 e. The molecule has 0 radical (unpaired) electrons. The third kappa shape index (κ3) is 50.9. The van der Waals surface area contributed by atoms with Gasteiger partial charge in [0.1, 0.15) is 12.7 Å². The van der Waals surface area contributed by atoms with Crippen molar-refractivity contribution in [2.75, 3.05) is 26.4 Å². The van der Waals surface area contributed by atoms with Crippen LogP contribution in [0.25, 0.3) is 0 Å². The predicted molar refractivity (Wildman–Crippen MR) is 289 cm³/mol. The predicted octanol–water partition coefficient (Wildman–Crippen LogP) is 17.0. The Kier molecular flexibility index (Phi) is 51.7. The van der Waals surface area contributed by atoms with Crippen LogP contribution >= 0.6 is 7.82 Å². The van der Waals surface area contributed by atoms with E-state index in [1.165, 1.54) is 135 Å². The van der Waals surface area contributed by atoms with Gasteiger partial charge in [0.2, 0.25) is 0 Å². The molecular formula is C58H109O11P. The number of aliphatic hydroxyl groups is 1. The highest BCUT2D eigenvalue weighted by atomic mass is 31.2. The Morgan fingerprint density at radius 3 is 1.04 bits per heavy atom. The second-order valence-corrected chi connectivity index (χ2v) is 21.3. The van der Waals surface area contributed by atoms with Crippen molar-refractivity contribution in [1.29, 1.82) is 0 Å². The summed E-state index contributed by atoms with van der Waals surface area (Å²) in [5.74, 6) is -1.46. The summed E-state index contributed by atoms with van der Waals surface area (Å²) in [6.45, 7) is 4.61.